The van der Waals surface area contributed by atoms with Crippen LogP contribution in [0.1, 0.15) is 17.3 Å². The van der Waals surface area contributed by atoms with Crippen LogP contribution < -0.4 is 5.43 Å². The summed E-state index contributed by atoms with van der Waals surface area (Å²) in [6.45, 7) is 1.90. The second-order valence-corrected chi connectivity index (χ2v) is 6.80. The van der Waals surface area contributed by atoms with Crippen LogP contribution in [0.3, 0.4) is 0 Å². The maximum absolute atomic E-state index is 12.9. The van der Waals surface area contributed by atoms with E-state index in [-0.39, 0.29) is 17.6 Å². The highest BCUT2D eigenvalue weighted by atomic mass is 127. The molecule has 0 spiro atoms. The van der Waals surface area contributed by atoms with Crippen LogP contribution in [0.25, 0.3) is 22.2 Å². The molecular weight excluding hydrogens is 441 g/mol. The number of rotatable bonds is 3. The van der Waals surface area contributed by atoms with E-state index >= 15 is 0 Å². The van der Waals surface area contributed by atoms with Crippen molar-refractivity contribution in [1.29, 1.82) is 0 Å². The summed E-state index contributed by atoms with van der Waals surface area (Å²) in [5, 5.41) is 1.04. The number of benzene rings is 2. The molecule has 0 radical (unpaired) electrons. The first-order chi connectivity index (χ1) is 11.5. The van der Waals surface area contributed by atoms with Crippen LogP contribution in [-0.4, -0.2) is 17.6 Å². The molecule has 0 aliphatic carbocycles. The summed E-state index contributed by atoms with van der Waals surface area (Å²) in [4.78, 5) is 28.5. The van der Waals surface area contributed by atoms with Gasteiger partial charge in [0, 0.05) is 19.5 Å². The van der Waals surface area contributed by atoms with E-state index in [0.717, 1.165) is 3.57 Å². The van der Waals surface area contributed by atoms with Crippen LogP contribution in [0.5, 0.6) is 0 Å². The highest BCUT2D eigenvalue weighted by Crippen LogP contribution is 2.25. The zero-order chi connectivity index (χ0) is 17.3. The molecule has 0 aliphatic rings. The topological polar surface area (TPSA) is 59.2 Å². The highest BCUT2D eigenvalue weighted by Gasteiger charge is 2.21. The van der Waals surface area contributed by atoms with E-state index < -0.39 is 5.97 Å². The van der Waals surface area contributed by atoms with Gasteiger partial charge in [0.15, 0.2) is 0 Å². The standard InChI is InChI=1S/C18H13ClINO3/c1-2-24-18(23)15-16(10-3-5-11(19)6-4-10)21-14-8-7-12(20)9-13(14)17(15)22/h3-9H,2H2,1H3,(H,21,22). The second kappa shape index (κ2) is 6.94. The van der Waals surface area contributed by atoms with E-state index in [9.17, 15) is 9.59 Å². The monoisotopic (exact) mass is 453 g/mol. The molecule has 1 N–H and O–H groups in total. The van der Waals surface area contributed by atoms with Crippen LogP contribution >= 0.6 is 34.2 Å². The molecule has 3 aromatic rings. The summed E-state index contributed by atoms with van der Waals surface area (Å²) in [7, 11) is 0. The quantitative estimate of drug-likeness (QED) is 0.465. The van der Waals surface area contributed by atoms with Crippen LogP contribution in [0.4, 0.5) is 0 Å². The number of aromatic nitrogens is 1. The Kier molecular flexibility index (Phi) is 4.91. The van der Waals surface area contributed by atoms with E-state index in [0.29, 0.717) is 27.2 Å². The number of nitrogens with one attached hydrogen (secondary N) is 1. The zero-order valence-corrected chi connectivity index (χ0v) is 15.6. The smallest absolute Gasteiger partial charge is 0.344 e. The second-order valence-electron chi connectivity index (χ2n) is 5.12. The number of H-pyrrole nitrogens is 1. The van der Waals surface area contributed by atoms with E-state index in [2.05, 4.69) is 27.6 Å². The third kappa shape index (κ3) is 3.18. The molecule has 6 heteroatoms. The van der Waals surface area contributed by atoms with Crippen molar-refractivity contribution in [3.05, 3.63) is 66.8 Å². The number of carbonyl (C=O) groups is 1. The predicted molar refractivity (Wildman–Crippen MR) is 104 cm³/mol. The Hall–Kier alpha value is -1.86. The van der Waals surface area contributed by atoms with E-state index in [1.807, 2.05) is 12.1 Å². The normalized spacial score (nSPS) is 10.8. The minimum absolute atomic E-state index is 0.00803. The van der Waals surface area contributed by atoms with Crippen LogP contribution in [-0.2, 0) is 4.74 Å². The van der Waals surface area contributed by atoms with Gasteiger partial charge in [-0.25, -0.2) is 4.79 Å². The maximum atomic E-state index is 12.9. The van der Waals surface area contributed by atoms with Crippen molar-refractivity contribution >= 4 is 51.1 Å². The minimum atomic E-state index is -0.635. The van der Waals surface area contributed by atoms with Gasteiger partial charge in [0.2, 0.25) is 5.43 Å². The van der Waals surface area contributed by atoms with E-state index in [1.54, 1.807) is 37.3 Å². The zero-order valence-electron chi connectivity index (χ0n) is 12.7. The van der Waals surface area contributed by atoms with Gasteiger partial charge in [-0.15, -0.1) is 0 Å². The van der Waals surface area contributed by atoms with Crippen molar-refractivity contribution < 1.29 is 9.53 Å². The molecule has 1 heterocycles. The molecule has 1 aromatic heterocycles. The number of fused-ring (bicyclic) bond motifs is 1. The number of halogens is 2. The SMILES string of the molecule is CCOC(=O)c1c(-c2ccc(Cl)cc2)[nH]c2ccc(I)cc2c1=O. The van der Waals surface area contributed by atoms with Crippen LogP contribution in [0.15, 0.2) is 47.3 Å². The van der Waals surface area contributed by atoms with Crippen molar-refractivity contribution in [3.8, 4) is 11.3 Å². The lowest BCUT2D eigenvalue weighted by Gasteiger charge is -2.11. The molecule has 24 heavy (non-hydrogen) atoms. The number of esters is 1. The molecule has 0 atom stereocenters. The van der Waals surface area contributed by atoms with Gasteiger partial charge in [0.05, 0.1) is 12.3 Å². The van der Waals surface area contributed by atoms with Crippen molar-refractivity contribution in [2.45, 2.75) is 6.92 Å². The number of hydrogen-bond acceptors (Lipinski definition) is 3. The number of aromatic amines is 1. The highest BCUT2D eigenvalue weighted by molar-refractivity contribution is 14.1. The van der Waals surface area contributed by atoms with Crippen molar-refractivity contribution in [1.82, 2.24) is 4.98 Å². The first kappa shape index (κ1) is 17.0. The summed E-state index contributed by atoms with van der Waals surface area (Å²) >= 11 is 8.06. The summed E-state index contributed by atoms with van der Waals surface area (Å²) in [5.74, 6) is -0.635. The van der Waals surface area contributed by atoms with Gasteiger partial charge in [0.25, 0.3) is 0 Å². The molecule has 122 valence electrons. The predicted octanol–water partition coefficient (Wildman–Crippen LogP) is 4.63. The Morgan fingerprint density at radius 2 is 1.92 bits per heavy atom. The number of ether oxygens (including phenoxy) is 1. The Bertz CT molecular complexity index is 980. The summed E-state index contributed by atoms with van der Waals surface area (Å²) < 4.78 is 6.00. The molecule has 0 saturated heterocycles. The Balaban J connectivity index is 2.35. The summed E-state index contributed by atoms with van der Waals surface area (Å²) in [5.41, 5.74) is 1.46. The first-order valence-corrected chi connectivity index (χ1v) is 8.75. The van der Waals surface area contributed by atoms with Crippen molar-refractivity contribution in [2.24, 2.45) is 0 Å². The molecule has 0 aliphatic heterocycles. The molecule has 0 amide bonds. The van der Waals surface area contributed by atoms with Crippen molar-refractivity contribution in [2.75, 3.05) is 6.61 Å². The average Bonchev–Trinajstić information content (AvgIpc) is 2.56. The Morgan fingerprint density at radius 1 is 1.21 bits per heavy atom. The largest absolute Gasteiger partial charge is 0.462 e. The third-order valence-corrected chi connectivity index (χ3v) is 4.50. The van der Waals surface area contributed by atoms with Crippen LogP contribution in [0, 0.1) is 3.57 Å². The number of pyridine rings is 1. The fourth-order valence-corrected chi connectivity index (χ4v) is 3.11. The fraction of sp³-hybridized carbons (Fsp3) is 0.111. The third-order valence-electron chi connectivity index (χ3n) is 3.58. The number of carbonyl (C=O) groups excluding carboxylic acids is 1. The molecule has 0 fully saturated rings. The minimum Gasteiger partial charge on any atom is -0.462 e. The van der Waals surface area contributed by atoms with Gasteiger partial charge in [-0.3, -0.25) is 4.79 Å². The first-order valence-electron chi connectivity index (χ1n) is 7.30. The van der Waals surface area contributed by atoms with Crippen LogP contribution in [0.2, 0.25) is 5.02 Å². The molecule has 3 rings (SSSR count). The molecule has 4 nitrogen and oxygen atoms in total. The lowest BCUT2D eigenvalue weighted by atomic mass is 10.0. The Morgan fingerprint density at radius 3 is 2.58 bits per heavy atom. The summed E-state index contributed by atoms with van der Waals surface area (Å²) in [6.07, 6.45) is 0. The lowest BCUT2D eigenvalue weighted by molar-refractivity contribution is 0.0525. The molecule has 2 aromatic carbocycles. The maximum Gasteiger partial charge on any atom is 0.344 e. The molecular formula is C18H13ClINO3. The number of hydrogen-bond donors (Lipinski definition) is 1. The molecule has 0 saturated carbocycles. The summed E-state index contributed by atoms with van der Waals surface area (Å²) in [6, 6.07) is 12.4. The van der Waals surface area contributed by atoms with E-state index in [1.165, 1.54) is 0 Å². The van der Waals surface area contributed by atoms with Gasteiger partial charge in [-0.1, -0.05) is 23.7 Å². The van der Waals surface area contributed by atoms with Crippen molar-refractivity contribution in [3.63, 3.8) is 0 Å². The average molecular weight is 454 g/mol. The van der Waals surface area contributed by atoms with Gasteiger partial charge >= 0.3 is 5.97 Å². The molecule has 0 bridgehead atoms. The van der Waals surface area contributed by atoms with Gasteiger partial charge in [-0.2, -0.15) is 0 Å². The van der Waals surface area contributed by atoms with Gasteiger partial charge in [0.1, 0.15) is 5.56 Å². The Labute approximate surface area is 156 Å². The molecule has 0 unspecified atom stereocenters. The van der Waals surface area contributed by atoms with E-state index in [4.69, 9.17) is 16.3 Å². The lowest BCUT2D eigenvalue weighted by Crippen LogP contribution is -2.20. The fourth-order valence-electron chi connectivity index (χ4n) is 2.49. The van der Waals surface area contributed by atoms with Gasteiger partial charge < -0.3 is 9.72 Å². The van der Waals surface area contributed by atoms with Gasteiger partial charge in [-0.05, 0) is 65.4 Å².